The van der Waals surface area contributed by atoms with Crippen LogP contribution in [0.3, 0.4) is 0 Å². The molecule has 0 atom stereocenters. The van der Waals surface area contributed by atoms with E-state index < -0.39 is 11.7 Å². The van der Waals surface area contributed by atoms with Crippen molar-refractivity contribution in [3.63, 3.8) is 0 Å². The second-order valence-electron chi connectivity index (χ2n) is 6.24. The Morgan fingerprint density at radius 2 is 1.90 bits per heavy atom. The van der Waals surface area contributed by atoms with Crippen molar-refractivity contribution in [2.24, 2.45) is 0 Å². The fourth-order valence-electron chi connectivity index (χ4n) is 2.14. The van der Waals surface area contributed by atoms with E-state index in [4.69, 9.17) is 4.74 Å². The minimum absolute atomic E-state index is 0.137. The maximum absolute atomic E-state index is 13.3. The molecule has 2 aromatic rings. The Bertz CT molecular complexity index is 650. The molecule has 0 radical (unpaired) electrons. The summed E-state index contributed by atoms with van der Waals surface area (Å²) in [5, 5.41) is 0.708. The molecule has 0 unspecified atom stereocenters. The zero-order chi connectivity index (χ0) is 15.1. The van der Waals surface area contributed by atoms with Crippen LogP contribution in [0, 0.1) is 5.82 Å². The number of rotatable bonds is 1. The van der Waals surface area contributed by atoms with Crippen LogP contribution in [0.4, 0.5) is 9.18 Å². The number of carbonyl (C=O) groups excluding carboxylic acids is 1. The predicted molar refractivity (Wildman–Crippen MR) is 77.6 cm³/mol. The summed E-state index contributed by atoms with van der Waals surface area (Å²) in [4.78, 5) is 12.4. The second-order valence-corrected chi connectivity index (χ2v) is 6.24. The summed E-state index contributed by atoms with van der Waals surface area (Å²) < 4.78 is 20.3. The van der Waals surface area contributed by atoms with Crippen molar-refractivity contribution in [3.8, 4) is 0 Å². The van der Waals surface area contributed by atoms with Gasteiger partial charge in [0.2, 0.25) is 0 Å². The molecule has 108 valence electrons. The van der Waals surface area contributed by atoms with Crippen LogP contribution in [0.2, 0.25) is 0 Å². The van der Waals surface area contributed by atoms with E-state index in [0.717, 1.165) is 5.69 Å². The highest BCUT2D eigenvalue weighted by Crippen LogP contribution is 2.27. The molecular weight excluding hydrogens is 257 g/mol. The molecular formula is C16H20FNO2. The zero-order valence-electron chi connectivity index (χ0n) is 12.5. The van der Waals surface area contributed by atoms with Gasteiger partial charge in [0.25, 0.3) is 0 Å². The van der Waals surface area contributed by atoms with Gasteiger partial charge in [0.05, 0.1) is 5.52 Å². The number of carbonyl (C=O) groups is 1. The summed E-state index contributed by atoms with van der Waals surface area (Å²) in [6, 6.07) is 6.24. The number of fused-ring (bicyclic) bond motifs is 1. The van der Waals surface area contributed by atoms with Gasteiger partial charge in [-0.3, -0.25) is 0 Å². The molecule has 0 aliphatic carbocycles. The first-order valence-electron chi connectivity index (χ1n) is 6.73. The van der Waals surface area contributed by atoms with Crippen LogP contribution in [0.25, 0.3) is 10.9 Å². The first-order valence-corrected chi connectivity index (χ1v) is 6.73. The molecule has 2 rings (SSSR count). The molecule has 0 bridgehead atoms. The van der Waals surface area contributed by atoms with Crippen molar-refractivity contribution in [3.05, 3.63) is 35.8 Å². The Morgan fingerprint density at radius 3 is 2.45 bits per heavy atom. The largest absolute Gasteiger partial charge is 0.443 e. The molecule has 0 fully saturated rings. The molecule has 0 saturated carbocycles. The fourth-order valence-corrected chi connectivity index (χ4v) is 2.14. The fraction of sp³-hybridized carbons (Fsp3) is 0.438. The number of halogens is 1. The molecule has 0 aliphatic rings. The van der Waals surface area contributed by atoms with Crippen molar-refractivity contribution in [2.75, 3.05) is 0 Å². The lowest BCUT2D eigenvalue weighted by atomic mass is 10.1. The van der Waals surface area contributed by atoms with Crippen molar-refractivity contribution in [2.45, 2.75) is 46.1 Å². The van der Waals surface area contributed by atoms with E-state index in [0.29, 0.717) is 10.9 Å². The van der Waals surface area contributed by atoms with Crippen molar-refractivity contribution >= 4 is 17.0 Å². The first-order chi connectivity index (χ1) is 9.19. The summed E-state index contributed by atoms with van der Waals surface area (Å²) >= 11 is 0. The maximum Gasteiger partial charge on any atom is 0.419 e. The normalized spacial score (nSPS) is 12.2. The van der Waals surface area contributed by atoms with Gasteiger partial charge in [-0.15, -0.1) is 0 Å². The first kappa shape index (κ1) is 14.6. The Kier molecular flexibility index (Phi) is 3.59. The quantitative estimate of drug-likeness (QED) is 0.757. The highest BCUT2D eigenvalue weighted by atomic mass is 19.1. The van der Waals surface area contributed by atoms with E-state index >= 15 is 0 Å². The molecule has 4 heteroatoms. The minimum atomic E-state index is -0.568. The summed E-state index contributed by atoms with van der Waals surface area (Å²) in [6.07, 6.45) is -0.428. The topological polar surface area (TPSA) is 31.2 Å². The number of ether oxygens (including phenoxy) is 1. The van der Waals surface area contributed by atoms with Gasteiger partial charge < -0.3 is 4.74 Å². The van der Waals surface area contributed by atoms with Crippen molar-refractivity contribution in [1.82, 2.24) is 4.57 Å². The lowest BCUT2D eigenvalue weighted by molar-refractivity contribution is 0.0539. The van der Waals surface area contributed by atoms with Gasteiger partial charge in [0.15, 0.2) is 0 Å². The van der Waals surface area contributed by atoms with E-state index in [-0.39, 0.29) is 11.7 Å². The standard InChI is InChI=1S/C16H20FNO2/c1-10(2)14-9-11-8-12(17)6-7-13(11)18(14)15(19)20-16(3,4)5/h6-10H,1-5H3. The predicted octanol–water partition coefficient (Wildman–Crippen LogP) is 4.69. The van der Waals surface area contributed by atoms with Gasteiger partial charge in [-0.1, -0.05) is 13.8 Å². The lowest BCUT2D eigenvalue weighted by Gasteiger charge is -2.21. The van der Waals surface area contributed by atoms with E-state index in [1.807, 2.05) is 40.7 Å². The average molecular weight is 277 g/mol. The van der Waals surface area contributed by atoms with Crippen LogP contribution in [-0.2, 0) is 4.74 Å². The molecule has 0 N–H and O–H groups in total. The number of benzene rings is 1. The third-order valence-electron chi connectivity index (χ3n) is 2.96. The summed E-state index contributed by atoms with van der Waals surface area (Å²) in [5.74, 6) is -0.174. The van der Waals surface area contributed by atoms with E-state index in [2.05, 4.69) is 0 Å². The number of aromatic nitrogens is 1. The van der Waals surface area contributed by atoms with E-state index in [9.17, 15) is 9.18 Å². The molecule has 0 aliphatic heterocycles. The van der Waals surface area contributed by atoms with Crippen LogP contribution < -0.4 is 0 Å². The van der Waals surface area contributed by atoms with E-state index in [1.165, 1.54) is 16.7 Å². The SMILES string of the molecule is CC(C)c1cc2cc(F)ccc2n1C(=O)OC(C)(C)C. The van der Waals surface area contributed by atoms with Crippen molar-refractivity contribution < 1.29 is 13.9 Å². The summed E-state index contributed by atoms with van der Waals surface area (Å²) in [5.41, 5.74) is 0.922. The highest BCUT2D eigenvalue weighted by molar-refractivity contribution is 5.91. The third-order valence-corrected chi connectivity index (χ3v) is 2.96. The Hall–Kier alpha value is -1.84. The van der Waals surface area contributed by atoms with Crippen molar-refractivity contribution in [1.29, 1.82) is 0 Å². The van der Waals surface area contributed by atoms with E-state index in [1.54, 1.807) is 6.07 Å². The van der Waals surface area contributed by atoms with Gasteiger partial charge in [0, 0.05) is 11.1 Å². The van der Waals surface area contributed by atoms with Gasteiger partial charge in [0.1, 0.15) is 11.4 Å². The second kappa shape index (κ2) is 4.93. The molecule has 1 aromatic carbocycles. The van der Waals surface area contributed by atoms with Crippen LogP contribution >= 0.6 is 0 Å². The van der Waals surface area contributed by atoms with Gasteiger partial charge in [-0.05, 0) is 51.0 Å². The van der Waals surface area contributed by atoms with Crippen LogP contribution in [0.1, 0.15) is 46.2 Å². The maximum atomic E-state index is 13.3. The summed E-state index contributed by atoms with van der Waals surface area (Å²) in [7, 11) is 0. The number of nitrogens with zero attached hydrogens (tertiary/aromatic N) is 1. The highest BCUT2D eigenvalue weighted by Gasteiger charge is 2.23. The molecule has 3 nitrogen and oxygen atoms in total. The zero-order valence-corrected chi connectivity index (χ0v) is 12.5. The van der Waals surface area contributed by atoms with Crippen LogP contribution in [0.5, 0.6) is 0 Å². The Labute approximate surface area is 118 Å². The molecule has 20 heavy (non-hydrogen) atoms. The third kappa shape index (κ3) is 2.84. The minimum Gasteiger partial charge on any atom is -0.443 e. The summed E-state index contributed by atoms with van der Waals surface area (Å²) in [6.45, 7) is 9.46. The molecule has 0 spiro atoms. The van der Waals surface area contributed by atoms with Crippen LogP contribution in [-0.4, -0.2) is 16.3 Å². The van der Waals surface area contributed by atoms with Crippen LogP contribution in [0.15, 0.2) is 24.3 Å². The number of hydrogen-bond acceptors (Lipinski definition) is 2. The van der Waals surface area contributed by atoms with Gasteiger partial charge in [-0.25, -0.2) is 13.8 Å². The molecule has 1 heterocycles. The molecule has 0 amide bonds. The lowest BCUT2D eigenvalue weighted by Crippen LogP contribution is -2.28. The smallest absolute Gasteiger partial charge is 0.419 e. The molecule has 1 aromatic heterocycles. The average Bonchev–Trinajstić information content (AvgIpc) is 2.64. The monoisotopic (exact) mass is 277 g/mol. The Morgan fingerprint density at radius 1 is 1.25 bits per heavy atom. The van der Waals surface area contributed by atoms with Gasteiger partial charge in [-0.2, -0.15) is 0 Å². The van der Waals surface area contributed by atoms with Gasteiger partial charge >= 0.3 is 6.09 Å². The number of hydrogen-bond donors (Lipinski definition) is 0. The Balaban J connectivity index is 2.60. The molecule has 0 saturated heterocycles.